The number of methoxy groups -OCH3 is 1. The van der Waals surface area contributed by atoms with Crippen molar-refractivity contribution in [3.8, 4) is 5.75 Å². The fourth-order valence-corrected chi connectivity index (χ4v) is 2.55. The Morgan fingerprint density at radius 3 is 2.25 bits per heavy atom. The standard InChI is InChI=1S/C16H16Cl3NO4/c1-4-6-20(7-5-2)12(21)9-24-15-11(18)8-10(17)14(19)13(15)16(22)23-3/h4-5,8H,1-2,6-7,9H2,3H3. The zero-order valence-corrected chi connectivity index (χ0v) is 15.2. The van der Waals surface area contributed by atoms with Crippen molar-refractivity contribution in [1.29, 1.82) is 0 Å². The third-order valence-corrected chi connectivity index (χ3v) is 3.98. The first kappa shape index (κ1) is 20.4. The number of hydrogen-bond donors (Lipinski definition) is 0. The van der Waals surface area contributed by atoms with Crippen LogP contribution in [0.15, 0.2) is 31.4 Å². The van der Waals surface area contributed by atoms with Crippen LogP contribution in [0.4, 0.5) is 0 Å². The van der Waals surface area contributed by atoms with Crippen molar-refractivity contribution in [3.05, 3.63) is 52.0 Å². The van der Waals surface area contributed by atoms with Crippen molar-refractivity contribution in [1.82, 2.24) is 4.90 Å². The fraction of sp³-hybridized carbons (Fsp3) is 0.250. The number of carbonyl (C=O) groups excluding carboxylic acids is 2. The second kappa shape index (κ2) is 9.57. The molecule has 0 saturated carbocycles. The van der Waals surface area contributed by atoms with Gasteiger partial charge in [0.1, 0.15) is 5.56 Å². The molecule has 0 aliphatic rings. The van der Waals surface area contributed by atoms with Crippen LogP contribution < -0.4 is 4.74 Å². The molecule has 0 atom stereocenters. The molecular formula is C16H16Cl3NO4. The van der Waals surface area contributed by atoms with E-state index in [0.717, 1.165) is 0 Å². The van der Waals surface area contributed by atoms with Gasteiger partial charge in [-0.2, -0.15) is 0 Å². The summed E-state index contributed by atoms with van der Waals surface area (Å²) in [6.07, 6.45) is 3.15. The maximum atomic E-state index is 12.2. The summed E-state index contributed by atoms with van der Waals surface area (Å²) in [5.74, 6) is -1.18. The highest BCUT2D eigenvalue weighted by Gasteiger charge is 2.24. The molecule has 5 nitrogen and oxygen atoms in total. The molecule has 0 saturated heterocycles. The van der Waals surface area contributed by atoms with Gasteiger partial charge in [0.25, 0.3) is 5.91 Å². The normalized spacial score (nSPS) is 10.0. The van der Waals surface area contributed by atoms with Gasteiger partial charge in [0.2, 0.25) is 0 Å². The number of halogens is 3. The van der Waals surface area contributed by atoms with Gasteiger partial charge >= 0.3 is 5.97 Å². The Balaban J connectivity index is 3.08. The molecule has 1 rings (SSSR count). The van der Waals surface area contributed by atoms with E-state index in [0.29, 0.717) is 13.1 Å². The summed E-state index contributed by atoms with van der Waals surface area (Å²) in [5.41, 5.74) is -0.136. The Kier molecular flexibility index (Phi) is 8.11. The van der Waals surface area contributed by atoms with Crippen molar-refractivity contribution >= 4 is 46.7 Å². The quantitative estimate of drug-likeness (QED) is 0.381. The minimum Gasteiger partial charge on any atom is -0.481 e. The number of amides is 1. The fourth-order valence-electron chi connectivity index (χ4n) is 1.82. The highest BCUT2D eigenvalue weighted by Crippen LogP contribution is 2.39. The second-order valence-corrected chi connectivity index (χ2v) is 5.71. The number of benzene rings is 1. The Morgan fingerprint density at radius 1 is 1.17 bits per heavy atom. The number of hydrogen-bond acceptors (Lipinski definition) is 4. The molecule has 0 spiro atoms. The summed E-state index contributed by atoms with van der Waals surface area (Å²) in [6, 6.07) is 1.32. The van der Waals surface area contributed by atoms with Crippen molar-refractivity contribution in [3.63, 3.8) is 0 Å². The van der Waals surface area contributed by atoms with Crippen LogP contribution in [0.2, 0.25) is 15.1 Å². The average Bonchev–Trinajstić information content (AvgIpc) is 2.55. The predicted octanol–water partition coefficient (Wildman–Crippen LogP) is 4.01. The van der Waals surface area contributed by atoms with Gasteiger partial charge < -0.3 is 14.4 Å². The molecule has 8 heteroatoms. The summed E-state index contributed by atoms with van der Waals surface area (Å²) in [6.45, 7) is 7.46. The lowest BCUT2D eigenvalue weighted by Crippen LogP contribution is -2.35. The molecule has 1 aromatic rings. The van der Waals surface area contributed by atoms with Gasteiger partial charge in [0.05, 0.1) is 22.2 Å². The lowest BCUT2D eigenvalue weighted by Gasteiger charge is -2.20. The van der Waals surface area contributed by atoms with E-state index in [1.54, 1.807) is 12.2 Å². The molecule has 1 amide bonds. The average molecular weight is 393 g/mol. The number of carbonyl (C=O) groups is 2. The third-order valence-electron chi connectivity index (χ3n) is 2.91. The van der Waals surface area contributed by atoms with Gasteiger partial charge in [-0.25, -0.2) is 4.79 Å². The van der Waals surface area contributed by atoms with E-state index in [4.69, 9.17) is 39.5 Å². The molecule has 1 aromatic carbocycles. The largest absolute Gasteiger partial charge is 0.481 e. The summed E-state index contributed by atoms with van der Waals surface area (Å²) in [4.78, 5) is 25.6. The molecule has 0 unspecified atom stereocenters. The van der Waals surface area contributed by atoms with Gasteiger partial charge in [-0.3, -0.25) is 4.79 Å². The van der Waals surface area contributed by atoms with Gasteiger partial charge in [-0.05, 0) is 6.07 Å². The first-order valence-corrected chi connectivity index (χ1v) is 7.88. The second-order valence-electron chi connectivity index (χ2n) is 4.51. The molecule has 0 aliphatic heterocycles. The number of ether oxygens (including phenoxy) is 2. The number of nitrogens with zero attached hydrogens (tertiary/aromatic N) is 1. The van der Waals surface area contributed by atoms with Crippen LogP contribution in [-0.4, -0.2) is 43.6 Å². The maximum Gasteiger partial charge on any atom is 0.343 e. The molecule has 0 N–H and O–H groups in total. The van der Waals surface area contributed by atoms with Crippen LogP contribution >= 0.6 is 34.8 Å². The molecule has 0 fully saturated rings. The van der Waals surface area contributed by atoms with E-state index in [1.165, 1.54) is 18.1 Å². The Bertz CT molecular complexity index is 651. The monoisotopic (exact) mass is 391 g/mol. The van der Waals surface area contributed by atoms with E-state index in [1.807, 2.05) is 0 Å². The Hall–Kier alpha value is -1.69. The van der Waals surface area contributed by atoms with Gasteiger partial charge in [0, 0.05) is 13.1 Å². The van der Waals surface area contributed by atoms with Crippen LogP contribution in [0.1, 0.15) is 10.4 Å². The van der Waals surface area contributed by atoms with E-state index in [2.05, 4.69) is 17.9 Å². The highest BCUT2D eigenvalue weighted by molar-refractivity contribution is 6.45. The zero-order valence-electron chi connectivity index (χ0n) is 13.0. The van der Waals surface area contributed by atoms with E-state index < -0.39 is 5.97 Å². The Morgan fingerprint density at radius 2 is 1.75 bits per heavy atom. The van der Waals surface area contributed by atoms with Crippen LogP contribution in [0, 0.1) is 0 Å². The zero-order chi connectivity index (χ0) is 18.3. The first-order chi connectivity index (χ1) is 11.4. The lowest BCUT2D eigenvalue weighted by atomic mass is 10.2. The van der Waals surface area contributed by atoms with Crippen molar-refractivity contribution in [2.75, 3.05) is 26.8 Å². The van der Waals surface area contributed by atoms with Crippen LogP contribution in [-0.2, 0) is 9.53 Å². The van der Waals surface area contributed by atoms with E-state index in [9.17, 15) is 9.59 Å². The summed E-state index contributed by atoms with van der Waals surface area (Å²) >= 11 is 18.0. The molecule has 24 heavy (non-hydrogen) atoms. The molecular weight excluding hydrogens is 377 g/mol. The molecule has 0 aromatic heterocycles. The molecule has 0 heterocycles. The highest BCUT2D eigenvalue weighted by atomic mass is 35.5. The smallest absolute Gasteiger partial charge is 0.343 e. The van der Waals surface area contributed by atoms with Crippen molar-refractivity contribution in [2.45, 2.75) is 0 Å². The minimum atomic E-state index is -0.777. The van der Waals surface area contributed by atoms with Crippen molar-refractivity contribution < 1.29 is 19.1 Å². The topological polar surface area (TPSA) is 55.8 Å². The SMILES string of the molecule is C=CCN(CC=C)C(=O)COc1c(Cl)cc(Cl)c(Cl)c1C(=O)OC. The van der Waals surface area contributed by atoms with E-state index >= 15 is 0 Å². The summed E-state index contributed by atoms with van der Waals surface area (Å²) in [5, 5.41) is 0.0432. The van der Waals surface area contributed by atoms with Crippen LogP contribution in [0.25, 0.3) is 0 Å². The third kappa shape index (κ3) is 4.90. The summed E-state index contributed by atoms with van der Waals surface area (Å²) in [7, 11) is 1.18. The maximum absolute atomic E-state index is 12.2. The predicted molar refractivity (Wildman–Crippen MR) is 95.3 cm³/mol. The molecule has 0 bridgehead atoms. The van der Waals surface area contributed by atoms with Gasteiger partial charge in [-0.1, -0.05) is 47.0 Å². The summed E-state index contributed by atoms with van der Waals surface area (Å²) < 4.78 is 10.1. The van der Waals surface area contributed by atoms with Crippen LogP contribution in [0.3, 0.4) is 0 Å². The Labute approximate surface area is 155 Å². The van der Waals surface area contributed by atoms with E-state index in [-0.39, 0.29) is 38.9 Å². The molecule has 130 valence electrons. The van der Waals surface area contributed by atoms with Crippen LogP contribution in [0.5, 0.6) is 5.75 Å². The number of rotatable bonds is 8. The van der Waals surface area contributed by atoms with Crippen molar-refractivity contribution in [2.24, 2.45) is 0 Å². The van der Waals surface area contributed by atoms with Gasteiger partial charge in [-0.15, -0.1) is 13.2 Å². The minimum absolute atomic E-state index is 0.0385. The molecule has 0 radical (unpaired) electrons. The number of esters is 1. The first-order valence-electron chi connectivity index (χ1n) is 6.75. The lowest BCUT2D eigenvalue weighted by molar-refractivity contribution is -0.132. The molecule has 0 aliphatic carbocycles. The van der Waals surface area contributed by atoms with Gasteiger partial charge in [0.15, 0.2) is 12.4 Å².